The summed E-state index contributed by atoms with van der Waals surface area (Å²) in [6.07, 6.45) is 2.32. The Hall–Kier alpha value is -5.78. The predicted molar refractivity (Wildman–Crippen MR) is 292 cm³/mol. The zero-order valence-corrected chi connectivity index (χ0v) is 42.6. The number of rotatable bonds is 2. The van der Waals surface area contributed by atoms with Gasteiger partial charge in [0.15, 0.2) is 0 Å². The Morgan fingerprint density at radius 2 is 1.12 bits per heavy atom. The second-order valence-corrected chi connectivity index (χ2v) is 25.6. The Kier molecular flexibility index (Phi) is 8.84. The summed E-state index contributed by atoms with van der Waals surface area (Å²) in [5.74, 6) is 0. The lowest BCUT2D eigenvalue weighted by Crippen LogP contribution is -2.61. The molecule has 0 saturated carbocycles. The first-order chi connectivity index (χ1) is 31.6. The van der Waals surface area contributed by atoms with E-state index in [4.69, 9.17) is 4.42 Å². The molecule has 2 aromatic heterocycles. The number of hydrogen-bond donors (Lipinski definition) is 0. The van der Waals surface area contributed by atoms with Crippen LogP contribution < -0.4 is 20.6 Å². The third kappa shape index (κ3) is 6.29. The van der Waals surface area contributed by atoms with E-state index in [2.05, 4.69) is 221 Å². The van der Waals surface area contributed by atoms with Crippen molar-refractivity contribution in [1.29, 1.82) is 0 Å². The number of nitrogens with zero attached hydrogens (tertiary/aromatic N) is 2. The molecule has 0 saturated heterocycles. The molecule has 0 unspecified atom stereocenters. The van der Waals surface area contributed by atoms with Gasteiger partial charge in [-0.05, 0) is 151 Å². The topological polar surface area (TPSA) is 19.6 Å². The molecule has 0 atom stereocenters. The first kappa shape index (κ1) is 42.6. The predicted octanol–water partition coefficient (Wildman–Crippen LogP) is 16.9. The van der Waals surface area contributed by atoms with E-state index in [1.165, 1.54) is 109 Å². The highest BCUT2D eigenvalue weighted by atomic mass is 32.1. The molecule has 1 aliphatic carbocycles. The molecule has 2 aliphatic heterocycles. The van der Waals surface area contributed by atoms with Crippen molar-refractivity contribution in [3.8, 4) is 11.1 Å². The molecule has 9 aromatic rings. The minimum absolute atomic E-state index is 0.0230. The van der Waals surface area contributed by atoms with Crippen LogP contribution in [0, 0.1) is 0 Å². The van der Waals surface area contributed by atoms with Crippen LogP contribution in [0.1, 0.15) is 131 Å². The highest BCUT2D eigenvalue weighted by molar-refractivity contribution is 7.26. The number of benzene rings is 7. The Bertz CT molecular complexity index is 3530. The lowest BCUT2D eigenvalue weighted by Gasteiger charge is -2.46. The number of anilines is 5. The van der Waals surface area contributed by atoms with Gasteiger partial charge < -0.3 is 14.1 Å². The van der Waals surface area contributed by atoms with Crippen molar-refractivity contribution >= 4 is 99.7 Å². The van der Waals surface area contributed by atoms with Crippen molar-refractivity contribution in [2.24, 2.45) is 0 Å². The second-order valence-electron chi connectivity index (χ2n) is 24.5. The molecule has 3 aliphatic rings. The molecule has 0 spiro atoms. The minimum Gasteiger partial charge on any atom is -0.456 e. The van der Waals surface area contributed by atoms with Crippen molar-refractivity contribution in [3.63, 3.8) is 0 Å². The van der Waals surface area contributed by atoms with E-state index in [1.807, 2.05) is 11.3 Å². The summed E-state index contributed by atoms with van der Waals surface area (Å²) in [6, 6.07) is 47.5. The zero-order chi connectivity index (χ0) is 46.9. The molecular weight excluding hydrogens is 832 g/mol. The highest BCUT2D eigenvalue weighted by Crippen LogP contribution is 2.56. The van der Waals surface area contributed by atoms with Crippen LogP contribution in [-0.2, 0) is 27.1 Å². The van der Waals surface area contributed by atoms with Crippen molar-refractivity contribution in [2.45, 2.75) is 130 Å². The lowest BCUT2D eigenvalue weighted by atomic mass is 9.43. The first-order valence-corrected chi connectivity index (χ1v) is 25.4. The third-order valence-corrected chi connectivity index (χ3v) is 17.1. The molecule has 12 rings (SSSR count). The summed E-state index contributed by atoms with van der Waals surface area (Å²) in [5.41, 5.74) is 20.2. The Morgan fingerprint density at radius 1 is 0.537 bits per heavy atom. The van der Waals surface area contributed by atoms with Crippen LogP contribution in [-0.4, -0.2) is 6.85 Å². The van der Waals surface area contributed by atoms with Crippen LogP contribution in [0.2, 0.25) is 0 Å². The fourth-order valence-corrected chi connectivity index (χ4v) is 13.1. The molecule has 7 aromatic carbocycles. The van der Waals surface area contributed by atoms with Gasteiger partial charge in [0.05, 0.1) is 5.69 Å². The average molecular weight is 895 g/mol. The van der Waals surface area contributed by atoms with Gasteiger partial charge in [-0.2, -0.15) is 0 Å². The van der Waals surface area contributed by atoms with Gasteiger partial charge in [-0.15, -0.1) is 11.3 Å². The molecule has 0 fully saturated rings. The smallest absolute Gasteiger partial charge is 0.333 e. The van der Waals surface area contributed by atoms with Crippen molar-refractivity contribution in [2.75, 3.05) is 9.71 Å². The molecule has 0 bridgehead atoms. The summed E-state index contributed by atoms with van der Waals surface area (Å²) < 4.78 is 9.71. The normalized spacial score (nSPS) is 16.5. The van der Waals surface area contributed by atoms with Crippen LogP contribution in [0.15, 0.2) is 126 Å². The Balaban J connectivity index is 1.27. The molecule has 4 heterocycles. The minimum atomic E-state index is -0.119. The average Bonchev–Trinajstić information content (AvgIpc) is 3.84. The molecule has 3 nitrogen and oxygen atoms in total. The van der Waals surface area contributed by atoms with Gasteiger partial charge in [0.2, 0.25) is 0 Å². The largest absolute Gasteiger partial charge is 0.456 e. The molecule has 0 radical (unpaired) electrons. The van der Waals surface area contributed by atoms with E-state index in [0.717, 1.165) is 24.0 Å². The van der Waals surface area contributed by atoms with E-state index < -0.39 is 0 Å². The summed E-state index contributed by atoms with van der Waals surface area (Å²) >= 11 is 1.92. The van der Waals surface area contributed by atoms with Crippen LogP contribution in [0.4, 0.5) is 28.4 Å². The maximum absolute atomic E-state index is 7.10. The van der Waals surface area contributed by atoms with Crippen LogP contribution in [0.3, 0.4) is 0 Å². The van der Waals surface area contributed by atoms with Gasteiger partial charge in [-0.25, -0.2) is 0 Å². The SMILES string of the molecule is CC(C)(C)c1ccc(N2B3c4cc(C(C)(C)C)ccc4N(c4ccc(C(C)(C)C)cc4)c4c3c(cc3sc5ccccc5c43)-c3c2ccc2oc4cc5c(cc4c32)C(C)(C)CCC5(C)C)cc1. The summed E-state index contributed by atoms with van der Waals surface area (Å²) in [7, 11) is 0. The molecule has 0 amide bonds. The maximum atomic E-state index is 7.10. The standard InChI is InChI=1S/C62H63BN2OS/c1-58(2,3)36-18-23-39(24-19-36)64-47-27-22-38(60(7,8)9)32-46(47)63-56-43(34-52-55(57(56)64)41-16-14-15-17-51(41)67-52)53-48(65(63)40-25-20-37(21-26-40)59(4,5)6)28-29-49-54(53)42-33-44-45(35-50(42)66-49)62(12,13)31-30-61(44,10)11/h14-29,32-35H,30-31H2,1-13H3. The van der Waals surface area contributed by atoms with Gasteiger partial charge in [0, 0.05) is 59.3 Å². The van der Waals surface area contributed by atoms with E-state index in [9.17, 15) is 0 Å². The quantitative estimate of drug-likeness (QED) is 0.161. The molecule has 67 heavy (non-hydrogen) atoms. The van der Waals surface area contributed by atoms with Crippen LogP contribution >= 0.6 is 11.3 Å². The second kappa shape index (κ2) is 13.9. The van der Waals surface area contributed by atoms with Crippen molar-refractivity contribution in [3.05, 3.63) is 149 Å². The third-order valence-electron chi connectivity index (χ3n) is 16.0. The Morgan fingerprint density at radius 3 is 1.76 bits per heavy atom. The van der Waals surface area contributed by atoms with Gasteiger partial charge in [-0.1, -0.05) is 145 Å². The fraction of sp³-hybridized carbons (Fsp3) is 0.323. The van der Waals surface area contributed by atoms with Gasteiger partial charge in [0.25, 0.3) is 0 Å². The zero-order valence-electron chi connectivity index (χ0n) is 41.7. The van der Waals surface area contributed by atoms with E-state index in [1.54, 1.807) is 0 Å². The van der Waals surface area contributed by atoms with E-state index >= 15 is 0 Å². The maximum Gasteiger partial charge on any atom is 0.333 e. The highest BCUT2D eigenvalue weighted by Gasteiger charge is 2.48. The van der Waals surface area contributed by atoms with Crippen LogP contribution in [0.25, 0.3) is 53.2 Å². The number of thiophene rings is 1. The van der Waals surface area contributed by atoms with E-state index in [0.29, 0.717) is 0 Å². The van der Waals surface area contributed by atoms with Gasteiger partial charge in [-0.3, -0.25) is 0 Å². The number of fused-ring (bicyclic) bond motifs is 13. The summed E-state index contributed by atoms with van der Waals surface area (Å²) in [6.45, 7) is 30.5. The van der Waals surface area contributed by atoms with Crippen LogP contribution in [0.5, 0.6) is 0 Å². The first-order valence-electron chi connectivity index (χ1n) is 24.6. The van der Waals surface area contributed by atoms with Gasteiger partial charge >= 0.3 is 6.85 Å². The monoisotopic (exact) mass is 894 g/mol. The Labute approximate surface area is 401 Å². The molecular formula is C62H63BN2OS. The van der Waals surface area contributed by atoms with Crippen molar-refractivity contribution < 1.29 is 4.42 Å². The summed E-state index contributed by atoms with van der Waals surface area (Å²) in [5, 5.41) is 5.05. The fourth-order valence-electron chi connectivity index (χ4n) is 11.9. The van der Waals surface area contributed by atoms with E-state index in [-0.39, 0.29) is 33.9 Å². The number of furan rings is 1. The molecule has 336 valence electrons. The lowest BCUT2D eigenvalue weighted by molar-refractivity contribution is 0.332. The van der Waals surface area contributed by atoms with Crippen molar-refractivity contribution in [1.82, 2.24) is 0 Å². The molecule has 0 N–H and O–H groups in total. The number of hydrogen-bond acceptors (Lipinski definition) is 4. The summed E-state index contributed by atoms with van der Waals surface area (Å²) in [4.78, 5) is 5.33. The van der Waals surface area contributed by atoms with Gasteiger partial charge in [0.1, 0.15) is 11.2 Å². The molecule has 5 heteroatoms.